The van der Waals surface area contributed by atoms with Gasteiger partial charge in [0.25, 0.3) is 0 Å². The van der Waals surface area contributed by atoms with E-state index in [1.807, 2.05) is 0 Å². The molecule has 1 nitrogen and oxygen atoms in total. The largest absolute Gasteiger partial charge is 0.325 e. The van der Waals surface area contributed by atoms with E-state index < -0.39 is 0 Å². The van der Waals surface area contributed by atoms with Crippen LogP contribution in [-0.4, -0.2) is 5.54 Å². The first kappa shape index (κ1) is 8.28. The van der Waals surface area contributed by atoms with Crippen LogP contribution in [0.3, 0.4) is 0 Å². The molecule has 1 heteroatoms. The summed E-state index contributed by atoms with van der Waals surface area (Å²) in [7, 11) is 0. The van der Waals surface area contributed by atoms with Crippen molar-refractivity contribution >= 4 is 0 Å². The Morgan fingerprint density at radius 2 is 1.46 bits per heavy atom. The van der Waals surface area contributed by atoms with E-state index in [1.54, 1.807) is 0 Å². The van der Waals surface area contributed by atoms with Gasteiger partial charge in [-0.3, -0.25) is 0 Å². The minimum absolute atomic E-state index is 0.314. The fraction of sp³-hybridized carbons (Fsp3) is 1.00. The number of nitrogens with two attached hydrogens (primary N) is 1. The molecule has 3 aliphatic rings. The summed E-state index contributed by atoms with van der Waals surface area (Å²) >= 11 is 0. The SMILES string of the molecule is NC1(C2(C3CCCCC3)CC2)CC1. The predicted molar refractivity (Wildman–Crippen MR) is 54.4 cm³/mol. The van der Waals surface area contributed by atoms with Crippen LogP contribution >= 0.6 is 0 Å². The molecule has 0 aliphatic heterocycles. The topological polar surface area (TPSA) is 26.0 Å². The molecule has 2 N–H and O–H groups in total. The van der Waals surface area contributed by atoms with E-state index in [0.29, 0.717) is 11.0 Å². The maximum absolute atomic E-state index is 6.42. The van der Waals surface area contributed by atoms with Crippen molar-refractivity contribution in [1.29, 1.82) is 0 Å². The molecule has 0 amide bonds. The lowest BCUT2D eigenvalue weighted by molar-refractivity contribution is 0.182. The highest BCUT2D eigenvalue weighted by atomic mass is 14.9. The molecule has 13 heavy (non-hydrogen) atoms. The Hall–Kier alpha value is -0.0400. The van der Waals surface area contributed by atoms with Gasteiger partial charge in [0.1, 0.15) is 0 Å². The second kappa shape index (κ2) is 2.50. The maximum atomic E-state index is 6.42. The molecule has 0 bridgehead atoms. The smallest absolute Gasteiger partial charge is 0.0215 e. The number of rotatable bonds is 2. The maximum Gasteiger partial charge on any atom is 0.0215 e. The molecule has 0 aromatic rings. The summed E-state index contributed by atoms with van der Waals surface area (Å²) < 4.78 is 0. The third-order valence-corrected chi connectivity index (χ3v) is 4.96. The highest BCUT2D eigenvalue weighted by Crippen LogP contribution is 2.68. The Bertz CT molecular complexity index is 207. The van der Waals surface area contributed by atoms with E-state index in [1.165, 1.54) is 57.8 Å². The lowest BCUT2D eigenvalue weighted by Crippen LogP contribution is -2.40. The van der Waals surface area contributed by atoms with Crippen LogP contribution in [0.15, 0.2) is 0 Å². The van der Waals surface area contributed by atoms with Gasteiger partial charge in [-0.1, -0.05) is 19.3 Å². The average molecular weight is 179 g/mol. The Balaban J connectivity index is 1.75. The summed E-state index contributed by atoms with van der Waals surface area (Å²) in [5.41, 5.74) is 7.38. The fourth-order valence-electron chi connectivity index (χ4n) is 3.74. The highest BCUT2D eigenvalue weighted by Gasteiger charge is 2.65. The lowest BCUT2D eigenvalue weighted by Gasteiger charge is -2.35. The Morgan fingerprint density at radius 1 is 0.846 bits per heavy atom. The molecule has 3 fully saturated rings. The van der Waals surface area contributed by atoms with Crippen molar-refractivity contribution in [3.63, 3.8) is 0 Å². The summed E-state index contributed by atoms with van der Waals surface area (Å²) in [6.45, 7) is 0. The van der Waals surface area contributed by atoms with Gasteiger partial charge in [0.2, 0.25) is 0 Å². The summed E-state index contributed by atoms with van der Waals surface area (Å²) in [4.78, 5) is 0. The first-order valence-corrected chi connectivity index (χ1v) is 6.06. The van der Waals surface area contributed by atoms with Crippen molar-refractivity contribution < 1.29 is 0 Å². The third kappa shape index (κ3) is 1.09. The van der Waals surface area contributed by atoms with Gasteiger partial charge < -0.3 is 5.73 Å². The molecule has 0 aromatic carbocycles. The van der Waals surface area contributed by atoms with Gasteiger partial charge >= 0.3 is 0 Å². The quantitative estimate of drug-likeness (QED) is 0.693. The van der Waals surface area contributed by atoms with Crippen LogP contribution in [0.1, 0.15) is 57.8 Å². The molecule has 0 unspecified atom stereocenters. The van der Waals surface area contributed by atoms with E-state index in [-0.39, 0.29) is 0 Å². The van der Waals surface area contributed by atoms with Crippen LogP contribution in [0.25, 0.3) is 0 Å². The zero-order valence-corrected chi connectivity index (χ0v) is 8.52. The summed E-state index contributed by atoms with van der Waals surface area (Å²) in [6, 6.07) is 0. The van der Waals surface area contributed by atoms with Crippen molar-refractivity contribution in [2.75, 3.05) is 0 Å². The molecular weight excluding hydrogens is 158 g/mol. The van der Waals surface area contributed by atoms with Crippen molar-refractivity contribution in [3.05, 3.63) is 0 Å². The van der Waals surface area contributed by atoms with E-state index in [4.69, 9.17) is 5.73 Å². The molecule has 3 rings (SSSR count). The molecule has 0 aromatic heterocycles. The van der Waals surface area contributed by atoms with Gasteiger partial charge in [-0.2, -0.15) is 0 Å². The lowest BCUT2D eigenvalue weighted by atomic mass is 9.73. The monoisotopic (exact) mass is 179 g/mol. The van der Waals surface area contributed by atoms with Gasteiger partial charge in [-0.05, 0) is 49.9 Å². The molecular formula is C12H21N. The Morgan fingerprint density at radius 3 is 1.92 bits per heavy atom. The average Bonchev–Trinajstić information content (AvgIpc) is 3.01. The summed E-state index contributed by atoms with van der Waals surface area (Å²) in [5, 5.41) is 0. The summed E-state index contributed by atoms with van der Waals surface area (Å²) in [5.74, 6) is 1.01. The standard InChI is InChI=1S/C12H21N/c13-12(8-9-12)11(6-7-11)10-4-2-1-3-5-10/h10H,1-9,13H2. The van der Waals surface area contributed by atoms with E-state index in [9.17, 15) is 0 Å². The van der Waals surface area contributed by atoms with Crippen LogP contribution in [0.5, 0.6) is 0 Å². The van der Waals surface area contributed by atoms with Gasteiger partial charge in [-0.25, -0.2) is 0 Å². The minimum atomic E-state index is 0.314. The van der Waals surface area contributed by atoms with Crippen LogP contribution in [0.4, 0.5) is 0 Å². The van der Waals surface area contributed by atoms with E-state index >= 15 is 0 Å². The van der Waals surface area contributed by atoms with Crippen molar-refractivity contribution in [2.24, 2.45) is 17.1 Å². The van der Waals surface area contributed by atoms with Crippen molar-refractivity contribution in [2.45, 2.75) is 63.3 Å². The predicted octanol–water partition coefficient (Wildman–Crippen LogP) is 2.84. The highest BCUT2D eigenvalue weighted by molar-refractivity contribution is 5.21. The van der Waals surface area contributed by atoms with Crippen molar-refractivity contribution in [3.8, 4) is 0 Å². The zero-order valence-electron chi connectivity index (χ0n) is 8.52. The van der Waals surface area contributed by atoms with Gasteiger partial charge in [0.15, 0.2) is 0 Å². The molecule has 0 spiro atoms. The molecule has 0 radical (unpaired) electrons. The van der Waals surface area contributed by atoms with Gasteiger partial charge in [0, 0.05) is 5.54 Å². The first-order valence-electron chi connectivity index (χ1n) is 6.06. The van der Waals surface area contributed by atoms with E-state index in [0.717, 1.165) is 5.92 Å². The normalized spacial score (nSPS) is 35.8. The molecule has 0 saturated heterocycles. The molecule has 0 heterocycles. The minimum Gasteiger partial charge on any atom is -0.325 e. The van der Waals surface area contributed by atoms with Crippen LogP contribution in [0, 0.1) is 11.3 Å². The second-order valence-corrected chi connectivity index (χ2v) is 5.65. The second-order valence-electron chi connectivity index (χ2n) is 5.65. The molecule has 3 aliphatic carbocycles. The molecule has 0 atom stereocenters. The Labute approximate surface area is 81.1 Å². The fourth-order valence-corrected chi connectivity index (χ4v) is 3.74. The number of hydrogen-bond acceptors (Lipinski definition) is 1. The third-order valence-electron chi connectivity index (χ3n) is 4.96. The summed E-state index contributed by atoms with van der Waals surface area (Å²) in [6.07, 6.45) is 12.9. The first-order chi connectivity index (χ1) is 6.27. The molecule has 74 valence electrons. The van der Waals surface area contributed by atoms with Gasteiger partial charge in [-0.15, -0.1) is 0 Å². The molecule has 3 saturated carbocycles. The van der Waals surface area contributed by atoms with Crippen LogP contribution < -0.4 is 5.73 Å². The zero-order chi connectivity index (χ0) is 8.94. The van der Waals surface area contributed by atoms with Crippen LogP contribution in [-0.2, 0) is 0 Å². The van der Waals surface area contributed by atoms with E-state index in [2.05, 4.69) is 0 Å². The Kier molecular flexibility index (Phi) is 1.59. The van der Waals surface area contributed by atoms with Crippen molar-refractivity contribution in [1.82, 2.24) is 0 Å². The van der Waals surface area contributed by atoms with Crippen LogP contribution in [0.2, 0.25) is 0 Å². The van der Waals surface area contributed by atoms with Gasteiger partial charge in [0.05, 0.1) is 0 Å². The number of hydrogen-bond donors (Lipinski definition) is 1.